The molecule has 0 aliphatic carbocycles. The van der Waals surface area contributed by atoms with Crippen molar-refractivity contribution in [3.8, 4) is 17.2 Å². The Hall–Kier alpha value is -2.34. The largest absolute Gasteiger partial charge is 0.497 e. The Morgan fingerprint density at radius 1 is 0.897 bits per heavy atom. The third-order valence-corrected chi connectivity index (χ3v) is 5.63. The lowest BCUT2D eigenvalue weighted by molar-refractivity contribution is 0.258. The Morgan fingerprint density at radius 2 is 1.59 bits per heavy atom. The van der Waals surface area contributed by atoms with Crippen molar-refractivity contribution in [1.82, 2.24) is 4.90 Å². The Bertz CT molecular complexity index is 785. The summed E-state index contributed by atoms with van der Waals surface area (Å²) in [5.41, 5.74) is 3.60. The quantitative estimate of drug-likeness (QED) is 0.544. The second-order valence-electron chi connectivity index (χ2n) is 7.36. The smallest absolute Gasteiger partial charge is 0.161 e. The molecule has 2 rings (SSSR count). The van der Waals surface area contributed by atoms with Gasteiger partial charge in [-0.25, -0.2) is 0 Å². The van der Waals surface area contributed by atoms with Gasteiger partial charge in [0.2, 0.25) is 0 Å². The Labute approximate surface area is 177 Å². The van der Waals surface area contributed by atoms with Crippen molar-refractivity contribution in [3.05, 3.63) is 42.0 Å². The highest BCUT2D eigenvalue weighted by Crippen LogP contribution is 2.31. The van der Waals surface area contributed by atoms with E-state index in [1.165, 1.54) is 11.3 Å². The van der Waals surface area contributed by atoms with E-state index < -0.39 is 0 Å². The van der Waals surface area contributed by atoms with E-state index in [0.29, 0.717) is 6.04 Å². The molecule has 2 aromatic rings. The highest BCUT2D eigenvalue weighted by Gasteiger charge is 2.15. The molecule has 0 aliphatic heterocycles. The fourth-order valence-electron chi connectivity index (χ4n) is 3.55. The van der Waals surface area contributed by atoms with Gasteiger partial charge in [0, 0.05) is 37.4 Å². The van der Waals surface area contributed by atoms with Gasteiger partial charge in [-0.15, -0.1) is 0 Å². The summed E-state index contributed by atoms with van der Waals surface area (Å²) in [6.07, 6.45) is 1.08. The van der Waals surface area contributed by atoms with E-state index in [0.717, 1.165) is 48.8 Å². The number of rotatable bonds is 11. The predicted molar refractivity (Wildman–Crippen MR) is 124 cm³/mol. The van der Waals surface area contributed by atoms with Gasteiger partial charge in [-0.05, 0) is 56.5 Å². The van der Waals surface area contributed by atoms with E-state index in [9.17, 15) is 0 Å². The van der Waals surface area contributed by atoms with Gasteiger partial charge in [-0.1, -0.05) is 12.1 Å². The van der Waals surface area contributed by atoms with Crippen LogP contribution in [0.4, 0.5) is 5.69 Å². The number of anilines is 1. The zero-order valence-corrected chi connectivity index (χ0v) is 19.0. The summed E-state index contributed by atoms with van der Waals surface area (Å²) in [4.78, 5) is 4.78. The standard InChI is InChI=1S/C23H35BN2O3/c1-7-26(19-10-11-20(24)22(16-19)28-5)14-8-13-25(3)17(2)18-9-12-21(27-4)23(15-18)29-6/h9-12,15-17H,7-8,13-14,24H2,1-6H3. The average molecular weight is 398 g/mol. The molecule has 5 nitrogen and oxygen atoms in total. The molecule has 0 aliphatic rings. The van der Waals surface area contributed by atoms with Crippen LogP contribution in [-0.2, 0) is 0 Å². The number of methoxy groups -OCH3 is 3. The van der Waals surface area contributed by atoms with Crippen LogP contribution in [0.1, 0.15) is 31.9 Å². The van der Waals surface area contributed by atoms with Gasteiger partial charge in [0.15, 0.2) is 11.5 Å². The van der Waals surface area contributed by atoms with Crippen molar-refractivity contribution < 1.29 is 14.2 Å². The van der Waals surface area contributed by atoms with Gasteiger partial charge in [-0.3, -0.25) is 4.90 Å². The molecular formula is C23H35BN2O3. The minimum absolute atomic E-state index is 0.296. The minimum Gasteiger partial charge on any atom is -0.497 e. The van der Waals surface area contributed by atoms with E-state index in [1.54, 1.807) is 21.3 Å². The molecule has 0 saturated heterocycles. The highest BCUT2D eigenvalue weighted by atomic mass is 16.5. The lowest BCUT2D eigenvalue weighted by Crippen LogP contribution is -2.29. The van der Waals surface area contributed by atoms with Crippen molar-refractivity contribution in [2.75, 3.05) is 52.9 Å². The second kappa shape index (κ2) is 11.0. The van der Waals surface area contributed by atoms with Gasteiger partial charge in [0.05, 0.1) is 21.3 Å². The van der Waals surface area contributed by atoms with Crippen LogP contribution in [0.25, 0.3) is 0 Å². The molecule has 2 aromatic carbocycles. The van der Waals surface area contributed by atoms with Crippen molar-refractivity contribution in [1.29, 1.82) is 0 Å². The fourth-order valence-corrected chi connectivity index (χ4v) is 3.55. The zero-order valence-electron chi connectivity index (χ0n) is 19.0. The molecule has 29 heavy (non-hydrogen) atoms. The first-order chi connectivity index (χ1) is 13.9. The van der Waals surface area contributed by atoms with Gasteiger partial charge in [-0.2, -0.15) is 0 Å². The molecule has 0 amide bonds. The van der Waals surface area contributed by atoms with Gasteiger partial charge < -0.3 is 19.1 Å². The molecule has 1 atom stereocenters. The lowest BCUT2D eigenvalue weighted by atomic mass is 9.94. The van der Waals surface area contributed by atoms with E-state index in [-0.39, 0.29) is 0 Å². The molecule has 0 heterocycles. The van der Waals surface area contributed by atoms with Crippen LogP contribution in [0.15, 0.2) is 36.4 Å². The molecule has 0 spiro atoms. The van der Waals surface area contributed by atoms with Gasteiger partial charge in [0.1, 0.15) is 13.6 Å². The van der Waals surface area contributed by atoms with Crippen LogP contribution in [0.5, 0.6) is 17.2 Å². The first kappa shape index (κ1) is 22.9. The van der Waals surface area contributed by atoms with Crippen LogP contribution in [-0.4, -0.2) is 60.8 Å². The Balaban J connectivity index is 1.96. The maximum Gasteiger partial charge on any atom is 0.161 e. The molecule has 1 unspecified atom stereocenters. The fraction of sp³-hybridized carbons (Fsp3) is 0.478. The summed E-state index contributed by atoms with van der Waals surface area (Å²) in [5.74, 6) is 2.48. The predicted octanol–water partition coefficient (Wildman–Crippen LogP) is 2.88. The zero-order chi connectivity index (χ0) is 21.4. The molecular weight excluding hydrogens is 363 g/mol. The summed E-state index contributed by atoms with van der Waals surface area (Å²) in [6.45, 7) is 7.41. The SMILES string of the molecule is Bc1ccc(N(CC)CCCN(C)C(C)c2ccc(OC)c(OC)c2)cc1OC. The summed E-state index contributed by atoms with van der Waals surface area (Å²) >= 11 is 0. The molecule has 0 fully saturated rings. The van der Waals surface area contributed by atoms with Crippen LogP contribution < -0.4 is 24.6 Å². The number of nitrogens with zero attached hydrogens (tertiary/aromatic N) is 2. The first-order valence-corrected chi connectivity index (χ1v) is 10.3. The van der Waals surface area contributed by atoms with Crippen molar-refractivity contribution >= 4 is 19.0 Å². The van der Waals surface area contributed by atoms with Crippen molar-refractivity contribution in [2.45, 2.75) is 26.3 Å². The summed E-state index contributed by atoms with van der Waals surface area (Å²) in [7, 11) is 9.31. The lowest BCUT2D eigenvalue weighted by Gasteiger charge is -2.28. The maximum atomic E-state index is 5.48. The average Bonchev–Trinajstić information content (AvgIpc) is 2.76. The Morgan fingerprint density at radius 3 is 2.21 bits per heavy atom. The van der Waals surface area contributed by atoms with Gasteiger partial charge in [0.25, 0.3) is 0 Å². The number of benzene rings is 2. The molecule has 0 aromatic heterocycles. The third kappa shape index (κ3) is 5.83. The molecule has 0 saturated carbocycles. The number of hydrogen-bond acceptors (Lipinski definition) is 5. The first-order valence-electron chi connectivity index (χ1n) is 10.3. The van der Waals surface area contributed by atoms with Crippen LogP contribution in [0.3, 0.4) is 0 Å². The van der Waals surface area contributed by atoms with Crippen molar-refractivity contribution in [2.24, 2.45) is 0 Å². The van der Waals surface area contributed by atoms with Crippen LogP contribution in [0, 0.1) is 0 Å². The van der Waals surface area contributed by atoms with E-state index >= 15 is 0 Å². The second-order valence-corrected chi connectivity index (χ2v) is 7.36. The summed E-state index contributed by atoms with van der Waals surface area (Å²) in [6, 6.07) is 12.9. The molecule has 0 bridgehead atoms. The molecule has 6 heteroatoms. The molecule has 0 N–H and O–H groups in total. The highest BCUT2D eigenvalue weighted by molar-refractivity contribution is 6.34. The van der Waals surface area contributed by atoms with Gasteiger partial charge >= 0.3 is 0 Å². The molecule has 0 radical (unpaired) electrons. The van der Waals surface area contributed by atoms with Crippen molar-refractivity contribution in [3.63, 3.8) is 0 Å². The van der Waals surface area contributed by atoms with E-state index in [4.69, 9.17) is 14.2 Å². The summed E-state index contributed by atoms with van der Waals surface area (Å²) < 4.78 is 16.3. The number of hydrogen-bond donors (Lipinski definition) is 0. The van der Waals surface area contributed by atoms with Crippen LogP contribution in [0.2, 0.25) is 0 Å². The Kier molecular flexibility index (Phi) is 8.71. The summed E-state index contributed by atoms with van der Waals surface area (Å²) in [5, 5.41) is 0. The normalized spacial score (nSPS) is 12.0. The van der Waals surface area contributed by atoms with E-state index in [1.807, 2.05) is 6.07 Å². The molecule has 158 valence electrons. The van der Waals surface area contributed by atoms with Crippen LogP contribution >= 0.6 is 0 Å². The third-order valence-electron chi connectivity index (χ3n) is 5.63. The number of ether oxygens (including phenoxy) is 3. The van der Waals surface area contributed by atoms with E-state index in [2.05, 4.69) is 68.9 Å². The minimum atomic E-state index is 0.296. The monoisotopic (exact) mass is 398 g/mol. The topological polar surface area (TPSA) is 34.2 Å². The maximum absolute atomic E-state index is 5.48.